The summed E-state index contributed by atoms with van der Waals surface area (Å²) in [6.07, 6.45) is 2.63. The number of rotatable bonds is 5. The second-order valence-electron chi connectivity index (χ2n) is 5.24. The Morgan fingerprint density at radius 2 is 1.90 bits per heavy atom. The molecule has 1 atom stereocenters. The van der Waals surface area contributed by atoms with E-state index in [1.165, 1.54) is 12.5 Å². The first-order valence-electron chi connectivity index (χ1n) is 7.12. The molecule has 0 fully saturated rings. The number of hydrogen-bond donors (Lipinski definition) is 2. The summed E-state index contributed by atoms with van der Waals surface area (Å²) in [4.78, 5) is 26.1. The molecule has 1 aromatic heterocycles. The number of carbonyl (C=O) groups excluding carboxylic acids is 2. The minimum Gasteiger partial charge on any atom is -0.356 e. The van der Waals surface area contributed by atoms with E-state index in [0.717, 1.165) is 12.1 Å². The van der Waals surface area contributed by atoms with Gasteiger partial charge in [-0.2, -0.15) is 0 Å². The van der Waals surface area contributed by atoms with Crippen LogP contribution in [0.3, 0.4) is 0 Å². The number of Topliss-reactive ketones (excluding diaryl/α,β-unsaturated/α-hetero) is 1. The molecule has 1 amide bonds. The van der Waals surface area contributed by atoms with Gasteiger partial charge in [0.15, 0.2) is 5.78 Å². The van der Waals surface area contributed by atoms with Crippen LogP contribution in [0.15, 0.2) is 36.5 Å². The fraction of sp³-hybridized carbons (Fsp3) is 0.294. The molecular formula is C17H20N2O2. The van der Waals surface area contributed by atoms with Crippen LogP contribution in [0.2, 0.25) is 0 Å². The fourth-order valence-corrected chi connectivity index (χ4v) is 2.06. The third-order valence-electron chi connectivity index (χ3n) is 3.68. The van der Waals surface area contributed by atoms with Crippen molar-refractivity contribution < 1.29 is 9.59 Å². The highest BCUT2D eigenvalue weighted by atomic mass is 16.2. The zero-order chi connectivity index (χ0) is 15.4. The van der Waals surface area contributed by atoms with E-state index in [9.17, 15) is 9.59 Å². The summed E-state index contributed by atoms with van der Waals surface area (Å²) in [6, 6.07) is 9.41. The van der Waals surface area contributed by atoms with Gasteiger partial charge in [0, 0.05) is 17.4 Å². The second-order valence-corrected chi connectivity index (χ2v) is 5.24. The van der Waals surface area contributed by atoms with E-state index in [4.69, 9.17) is 0 Å². The van der Waals surface area contributed by atoms with E-state index in [2.05, 4.69) is 24.1 Å². The van der Waals surface area contributed by atoms with Gasteiger partial charge in [-0.3, -0.25) is 9.59 Å². The Labute approximate surface area is 124 Å². The molecule has 110 valence electrons. The number of H-pyrrole nitrogens is 1. The first-order valence-corrected chi connectivity index (χ1v) is 7.12. The SMILES string of the molecule is CC[C@@H](C)c1ccc(NC(=O)c2cc(C(C)=O)c[nH]2)cc1. The van der Waals surface area contributed by atoms with Gasteiger partial charge >= 0.3 is 0 Å². The average Bonchev–Trinajstić information content (AvgIpc) is 2.97. The molecule has 0 saturated carbocycles. The first kappa shape index (κ1) is 15.0. The fourth-order valence-electron chi connectivity index (χ4n) is 2.06. The van der Waals surface area contributed by atoms with E-state index in [1.807, 2.05) is 24.3 Å². The predicted molar refractivity (Wildman–Crippen MR) is 83.9 cm³/mol. The molecule has 0 aliphatic rings. The number of ketones is 1. The van der Waals surface area contributed by atoms with Crippen LogP contribution in [0.1, 0.15) is 59.5 Å². The van der Waals surface area contributed by atoms with Crippen LogP contribution < -0.4 is 5.32 Å². The molecule has 1 heterocycles. The number of amides is 1. The summed E-state index contributed by atoms with van der Waals surface area (Å²) in [5.74, 6) is 0.193. The number of benzene rings is 1. The third-order valence-corrected chi connectivity index (χ3v) is 3.68. The average molecular weight is 284 g/mol. The molecule has 4 nitrogen and oxygen atoms in total. The highest BCUT2D eigenvalue weighted by Gasteiger charge is 2.11. The zero-order valence-electron chi connectivity index (χ0n) is 12.6. The summed E-state index contributed by atoms with van der Waals surface area (Å²) in [7, 11) is 0. The Hall–Kier alpha value is -2.36. The van der Waals surface area contributed by atoms with Crippen molar-refractivity contribution in [2.24, 2.45) is 0 Å². The summed E-state index contributed by atoms with van der Waals surface area (Å²) in [6.45, 7) is 5.80. The first-order chi connectivity index (χ1) is 10.0. The number of aromatic amines is 1. The van der Waals surface area contributed by atoms with Gasteiger partial charge in [0.1, 0.15) is 5.69 Å². The van der Waals surface area contributed by atoms with Crippen molar-refractivity contribution in [3.63, 3.8) is 0 Å². The molecule has 2 rings (SSSR count). The predicted octanol–water partition coefficient (Wildman–Crippen LogP) is 3.98. The maximum Gasteiger partial charge on any atom is 0.272 e. The molecule has 21 heavy (non-hydrogen) atoms. The highest BCUT2D eigenvalue weighted by Crippen LogP contribution is 2.20. The molecule has 0 unspecified atom stereocenters. The third kappa shape index (κ3) is 3.60. The number of aromatic nitrogens is 1. The molecule has 0 aliphatic heterocycles. The Bertz CT molecular complexity index is 641. The van der Waals surface area contributed by atoms with Gasteiger partial charge in [-0.15, -0.1) is 0 Å². The normalized spacial score (nSPS) is 12.0. The van der Waals surface area contributed by atoms with Crippen LogP contribution in [0, 0.1) is 0 Å². The molecule has 0 bridgehead atoms. The van der Waals surface area contributed by atoms with Gasteiger partial charge in [0.2, 0.25) is 0 Å². The number of nitrogens with one attached hydrogen (secondary N) is 2. The van der Waals surface area contributed by atoms with E-state index < -0.39 is 0 Å². The minimum absolute atomic E-state index is 0.0665. The van der Waals surface area contributed by atoms with Crippen molar-refractivity contribution in [2.75, 3.05) is 5.32 Å². The molecule has 1 aromatic carbocycles. The Kier molecular flexibility index (Phi) is 4.58. The summed E-state index contributed by atoms with van der Waals surface area (Å²) < 4.78 is 0. The molecular weight excluding hydrogens is 264 g/mol. The highest BCUT2D eigenvalue weighted by molar-refractivity contribution is 6.05. The van der Waals surface area contributed by atoms with Crippen LogP contribution >= 0.6 is 0 Å². The van der Waals surface area contributed by atoms with Crippen LogP contribution in [-0.4, -0.2) is 16.7 Å². The summed E-state index contributed by atoms with van der Waals surface area (Å²) >= 11 is 0. The molecule has 0 spiro atoms. The van der Waals surface area contributed by atoms with Gasteiger partial charge in [0.05, 0.1) is 0 Å². The second kappa shape index (κ2) is 6.39. The van der Waals surface area contributed by atoms with Gasteiger partial charge < -0.3 is 10.3 Å². The van der Waals surface area contributed by atoms with Crippen molar-refractivity contribution in [3.05, 3.63) is 53.3 Å². The maximum atomic E-state index is 12.1. The Morgan fingerprint density at radius 3 is 2.43 bits per heavy atom. The van der Waals surface area contributed by atoms with E-state index in [1.54, 1.807) is 12.3 Å². The van der Waals surface area contributed by atoms with Crippen molar-refractivity contribution in [1.29, 1.82) is 0 Å². The van der Waals surface area contributed by atoms with Crippen LogP contribution in [-0.2, 0) is 0 Å². The molecule has 4 heteroatoms. The Morgan fingerprint density at radius 1 is 1.24 bits per heavy atom. The maximum absolute atomic E-state index is 12.1. The van der Waals surface area contributed by atoms with Gasteiger partial charge in [-0.1, -0.05) is 26.0 Å². The van der Waals surface area contributed by atoms with Gasteiger partial charge in [-0.25, -0.2) is 0 Å². The zero-order valence-corrected chi connectivity index (χ0v) is 12.6. The lowest BCUT2D eigenvalue weighted by molar-refractivity contribution is 0.101. The number of hydrogen-bond acceptors (Lipinski definition) is 2. The van der Waals surface area contributed by atoms with Crippen molar-refractivity contribution >= 4 is 17.4 Å². The molecule has 0 radical (unpaired) electrons. The van der Waals surface area contributed by atoms with E-state index >= 15 is 0 Å². The van der Waals surface area contributed by atoms with Crippen LogP contribution in [0.5, 0.6) is 0 Å². The summed E-state index contributed by atoms with van der Waals surface area (Å²) in [5.41, 5.74) is 2.89. The quantitative estimate of drug-likeness (QED) is 0.816. The monoisotopic (exact) mass is 284 g/mol. The molecule has 0 saturated heterocycles. The van der Waals surface area contributed by atoms with Crippen LogP contribution in [0.4, 0.5) is 5.69 Å². The van der Waals surface area contributed by atoms with Crippen molar-refractivity contribution in [1.82, 2.24) is 4.98 Å². The molecule has 2 aromatic rings. The van der Waals surface area contributed by atoms with Gasteiger partial charge in [0.25, 0.3) is 5.91 Å². The lowest BCUT2D eigenvalue weighted by atomic mass is 9.99. The smallest absolute Gasteiger partial charge is 0.272 e. The lowest BCUT2D eigenvalue weighted by Gasteiger charge is -2.10. The van der Waals surface area contributed by atoms with Crippen molar-refractivity contribution in [3.8, 4) is 0 Å². The molecule has 2 N–H and O–H groups in total. The largest absolute Gasteiger partial charge is 0.356 e. The van der Waals surface area contributed by atoms with Gasteiger partial charge in [-0.05, 0) is 43.0 Å². The van der Waals surface area contributed by atoms with E-state index in [-0.39, 0.29) is 11.7 Å². The van der Waals surface area contributed by atoms with Crippen molar-refractivity contribution in [2.45, 2.75) is 33.1 Å². The Balaban J connectivity index is 2.06. The lowest BCUT2D eigenvalue weighted by Crippen LogP contribution is -2.12. The topological polar surface area (TPSA) is 62.0 Å². The standard InChI is InChI=1S/C17H20N2O2/c1-4-11(2)13-5-7-15(8-6-13)19-17(21)16-9-14(10-18-16)12(3)20/h5-11,18H,4H2,1-3H3,(H,19,21)/t11-/m1/s1. The summed E-state index contributed by atoms with van der Waals surface area (Å²) in [5, 5.41) is 2.81. The minimum atomic E-state index is -0.251. The van der Waals surface area contributed by atoms with Crippen LogP contribution in [0.25, 0.3) is 0 Å². The molecule has 0 aliphatic carbocycles. The number of anilines is 1. The van der Waals surface area contributed by atoms with E-state index in [0.29, 0.717) is 17.2 Å². The number of carbonyl (C=O) groups is 2.